The van der Waals surface area contributed by atoms with Crippen molar-refractivity contribution < 1.29 is 23.6 Å². The van der Waals surface area contributed by atoms with Gasteiger partial charge in [-0.25, -0.2) is 4.68 Å². The number of fused-ring (bicyclic) bond motifs is 4. The van der Waals surface area contributed by atoms with E-state index in [0.29, 0.717) is 62.0 Å². The van der Waals surface area contributed by atoms with Crippen molar-refractivity contribution in [3.63, 3.8) is 0 Å². The molecule has 1 aromatic carbocycles. The van der Waals surface area contributed by atoms with Crippen LogP contribution in [0.15, 0.2) is 35.1 Å². The summed E-state index contributed by atoms with van der Waals surface area (Å²) in [6, 6.07) is 7.59. The van der Waals surface area contributed by atoms with Crippen LogP contribution in [0.2, 0.25) is 0 Å². The van der Waals surface area contributed by atoms with Gasteiger partial charge in [-0.3, -0.25) is 14.4 Å². The molecule has 0 aliphatic carbocycles. The van der Waals surface area contributed by atoms with Crippen LogP contribution in [0.4, 0.5) is 0 Å². The summed E-state index contributed by atoms with van der Waals surface area (Å²) in [5, 5.41) is 17.8. The predicted molar refractivity (Wildman–Crippen MR) is 132 cm³/mol. The lowest BCUT2D eigenvalue weighted by atomic mass is 9.88. The average Bonchev–Trinajstić information content (AvgIpc) is 3.65. The van der Waals surface area contributed by atoms with Gasteiger partial charge in [-0.1, -0.05) is 17.3 Å². The van der Waals surface area contributed by atoms with E-state index in [-0.39, 0.29) is 36.7 Å². The molecule has 38 heavy (non-hydrogen) atoms. The van der Waals surface area contributed by atoms with Crippen LogP contribution in [-0.2, 0) is 16.1 Å². The predicted octanol–water partition coefficient (Wildman–Crippen LogP) is 0.561. The molecule has 0 spiro atoms. The Bertz CT molecular complexity index is 1290. The van der Waals surface area contributed by atoms with Gasteiger partial charge in [0.05, 0.1) is 18.2 Å². The number of tetrazole rings is 1. The Labute approximate surface area is 219 Å². The van der Waals surface area contributed by atoms with Gasteiger partial charge in [-0.05, 0) is 48.4 Å². The van der Waals surface area contributed by atoms with Crippen molar-refractivity contribution in [2.45, 2.75) is 32.7 Å². The van der Waals surface area contributed by atoms with Gasteiger partial charge in [0, 0.05) is 32.1 Å². The fraction of sp³-hybridized carbons (Fsp3) is 0.480. The van der Waals surface area contributed by atoms with Gasteiger partial charge >= 0.3 is 0 Å². The molecule has 13 nitrogen and oxygen atoms in total. The molecule has 1 fully saturated rings. The van der Waals surface area contributed by atoms with E-state index in [9.17, 15) is 14.4 Å². The van der Waals surface area contributed by atoms with Gasteiger partial charge in [-0.2, -0.15) is 0 Å². The molecule has 2 aromatic heterocycles. The van der Waals surface area contributed by atoms with Gasteiger partial charge in [0.25, 0.3) is 5.91 Å². The van der Waals surface area contributed by atoms with Gasteiger partial charge in [0.2, 0.25) is 11.8 Å². The van der Waals surface area contributed by atoms with E-state index in [2.05, 4.69) is 26.0 Å². The van der Waals surface area contributed by atoms with Crippen LogP contribution in [0.5, 0.6) is 5.75 Å². The minimum Gasteiger partial charge on any atom is -0.492 e. The third kappa shape index (κ3) is 5.36. The van der Waals surface area contributed by atoms with Gasteiger partial charge in [0.1, 0.15) is 36.6 Å². The van der Waals surface area contributed by atoms with Crippen molar-refractivity contribution in [2.75, 3.05) is 39.3 Å². The highest BCUT2D eigenvalue weighted by Crippen LogP contribution is 2.35. The first-order valence-corrected chi connectivity index (χ1v) is 12.6. The number of amides is 3. The van der Waals surface area contributed by atoms with Crippen LogP contribution in [0, 0.1) is 19.8 Å². The number of nitrogens with zero attached hydrogens (tertiary/aromatic N) is 7. The lowest BCUT2D eigenvalue weighted by molar-refractivity contribution is -0.132. The largest absolute Gasteiger partial charge is 0.492 e. The zero-order valence-electron chi connectivity index (χ0n) is 21.4. The Morgan fingerprint density at radius 2 is 1.97 bits per heavy atom. The van der Waals surface area contributed by atoms with Crippen LogP contribution in [0.25, 0.3) is 0 Å². The summed E-state index contributed by atoms with van der Waals surface area (Å²) in [7, 11) is 0. The maximum atomic E-state index is 13.4. The molecule has 200 valence electrons. The Hall–Kier alpha value is -4.29. The second-order valence-electron chi connectivity index (χ2n) is 9.58. The maximum absolute atomic E-state index is 13.4. The number of carbonyl (C=O) groups excluding carboxylic acids is 3. The highest BCUT2D eigenvalue weighted by Gasteiger charge is 2.41. The fourth-order valence-corrected chi connectivity index (χ4v) is 5.09. The Morgan fingerprint density at radius 3 is 2.74 bits per heavy atom. The summed E-state index contributed by atoms with van der Waals surface area (Å²) < 4.78 is 12.6. The Morgan fingerprint density at radius 1 is 1.13 bits per heavy atom. The van der Waals surface area contributed by atoms with Crippen LogP contribution < -0.4 is 10.1 Å². The highest BCUT2D eigenvalue weighted by atomic mass is 16.5. The molecule has 0 saturated carbocycles. The van der Waals surface area contributed by atoms with Crippen molar-refractivity contribution in [2.24, 2.45) is 5.92 Å². The van der Waals surface area contributed by atoms with E-state index < -0.39 is 5.92 Å². The van der Waals surface area contributed by atoms with Crippen molar-refractivity contribution in [1.82, 2.24) is 40.5 Å². The summed E-state index contributed by atoms with van der Waals surface area (Å²) in [6.45, 7) is 5.67. The zero-order valence-corrected chi connectivity index (χ0v) is 21.4. The summed E-state index contributed by atoms with van der Waals surface area (Å²) in [6.07, 6.45) is 1.96. The molecular weight excluding hydrogens is 492 g/mol. The van der Waals surface area contributed by atoms with E-state index >= 15 is 0 Å². The van der Waals surface area contributed by atoms with Crippen LogP contribution in [0.1, 0.15) is 39.7 Å². The smallest absolute Gasteiger partial charge is 0.259 e. The first-order chi connectivity index (χ1) is 18.4. The molecule has 5 rings (SSSR count). The molecule has 2 atom stereocenters. The molecule has 1 N–H and O–H groups in total. The van der Waals surface area contributed by atoms with Crippen molar-refractivity contribution >= 4 is 17.7 Å². The molecule has 2 bridgehead atoms. The van der Waals surface area contributed by atoms with Crippen LogP contribution >= 0.6 is 0 Å². The van der Waals surface area contributed by atoms with Crippen LogP contribution in [-0.4, -0.2) is 92.2 Å². The van der Waals surface area contributed by atoms with E-state index in [1.807, 2.05) is 24.3 Å². The number of nitrogens with one attached hydrogen (secondary N) is 1. The second-order valence-corrected chi connectivity index (χ2v) is 9.58. The van der Waals surface area contributed by atoms with Gasteiger partial charge in [0.15, 0.2) is 0 Å². The van der Waals surface area contributed by atoms with Crippen LogP contribution in [0.3, 0.4) is 0 Å². The third-order valence-electron chi connectivity index (χ3n) is 7.05. The minimum atomic E-state index is -0.435. The first-order valence-electron chi connectivity index (χ1n) is 12.6. The number of aromatic nitrogens is 5. The van der Waals surface area contributed by atoms with Gasteiger partial charge < -0.3 is 24.4 Å². The molecular formula is C25H30N8O5. The highest BCUT2D eigenvalue weighted by molar-refractivity contribution is 5.97. The summed E-state index contributed by atoms with van der Waals surface area (Å²) in [5.74, 6) is 0.0162. The number of carbonyl (C=O) groups is 3. The quantitative estimate of drug-likeness (QED) is 0.521. The zero-order chi connectivity index (χ0) is 26.6. The van der Waals surface area contributed by atoms with Crippen molar-refractivity contribution in [3.8, 4) is 5.75 Å². The molecule has 0 radical (unpaired) electrons. The molecule has 1 saturated heterocycles. The summed E-state index contributed by atoms with van der Waals surface area (Å²) in [5.41, 5.74) is 1.89. The molecule has 2 aliphatic rings. The molecule has 3 amide bonds. The SMILES string of the molecule is Cc1noc(C)c1C(=O)N1C[C@@H]2C(=O)NCCCN(C(=O)Cn3cnnn3)CCOc3cccc(c3)[C@H]2C1. The number of hydrogen-bond donors (Lipinski definition) is 1. The number of rotatable bonds is 3. The number of likely N-dealkylation sites (tertiary alicyclic amines) is 1. The normalized spacial score (nSPS) is 20.3. The Kier molecular flexibility index (Phi) is 7.33. The number of benzene rings is 1. The van der Waals surface area contributed by atoms with Gasteiger partial charge in [-0.15, -0.1) is 5.10 Å². The monoisotopic (exact) mass is 522 g/mol. The van der Waals surface area contributed by atoms with E-state index in [0.717, 1.165) is 5.56 Å². The lowest BCUT2D eigenvalue weighted by Gasteiger charge is -2.24. The maximum Gasteiger partial charge on any atom is 0.259 e. The lowest BCUT2D eigenvalue weighted by Crippen LogP contribution is -2.40. The number of aryl methyl sites for hydroxylation is 2. The minimum absolute atomic E-state index is 0.0214. The van der Waals surface area contributed by atoms with E-state index in [1.165, 1.54) is 11.0 Å². The standard InChI is InChI=1S/C25H30N8O5/c1-16-23(17(2)38-28-16)25(36)32-12-20-18-5-3-6-19(11-18)37-10-9-31(22(34)14-33-15-27-29-30-33)8-4-7-26-24(35)21(20)13-32/h3,5-6,11,15,20-21H,4,7-10,12-14H2,1-2H3,(H,26,35)/t20-,21+/m1/s1. The van der Waals surface area contributed by atoms with Crippen molar-refractivity contribution in [3.05, 3.63) is 53.2 Å². The van der Waals surface area contributed by atoms with E-state index in [1.54, 1.807) is 23.6 Å². The molecule has 0 unspecified atom stereocenters. The molecule has 3 aromatic rings. The average molecular weight is 523 g/mol. The molecule has 13 heteroatoms. The summed E-state index contributed by atoms with van der Waals surface area (Å²) in [4.78, 5) is 43.0. The topological polar surface area (TPSA) is 149 Å². The molecule has 4 heterocycles. The fourth-order valence-electron chi connectivity index (χ4n) is 5.09. The van der Waals surface area contributed by atoms with E-state index in [4.69, 9.17) is 9.26 Å². The Balaban J connectivity index is 1.34. The summed E-state index contributed by atoms with van der Waals surface area (Å²) >= 11 is 0. The molecule has 2 aliphatic heterocycles. The third-order valence-corrected chi connectivity index (χ3v) is 7.05. The first kappa shape index (κ1) is 25.4. The number of hydrogen-bond acceptors (Lipinski definition) is 9. The second kappa shape index (κ2) is 11.0. The number of ether oxygens (including phenoxy) is 1. The van der Waals surface area contributed by atoms with Crippen molar-refractivity contribution in [1.29, 1.82) is 0 Å².